The number of pyridine rings is 2. The molecule has 0 saturated carbocycles. The van der Waals surface area contributed by atoms with E-state index >= 15 is 0 Å². The molecular weight excluding hydrogens is 392 g/mol. The molecule has 2 aromatic heterocycles. The lowest BCUT2D eigenvalue weighted by atomic mass is 10.1. The molecule has 31 heavy (non-hydrogen) atoms. The highest BCUT2D eigenvalue weighted by Crippen LogP contribution is 2.30. The van der Waals surface area contributed by atoms with Crippen molar-refractivity contribution < 1.29 is 4.79 Å². The van der Waals surface area contributed by atoms with Gasteiger partial charge in [0.15, 0.2) is 5.82 Å². The van der Waals surface area contributed by atoms with Gasteiger partial charge in [0.05, 0.1) is 5.69 Å². The van der Waals surface area contributed by atoms with Crippen LogP contribution in [0.15, 0.2) is 29.3 Å². The summed E-state index contributed by atoms with van der Waals surface area (Å²) in [5.41, 5.74) is 13.8. The second kappa shape index (κ2) is 9.30. The minimum Gasteiger partial charge on any atom is -0.383 e. The monoisotopic (exact) mass is 422 g/mol. The average Bonchev–Trinajstić information content (AvgIpc) is 3.23. The predicted molar refractivity (Wildman–Crippen MR) is 125 cm³/mol. The molecule has 0 spiro atoms. The number of carbonyl (C=O) groups excluding carboxylic acids is 1. The van der Waals surface area contributed by atoms with Gasteiger partial charge in [-0.15, -0.1) is 0 Å². The van der Waals surface area contributed by atoms with Crippen molar-refractivity contribution >= 4 is 35.3 Å². The zero-order chi connectivity index (χ0) is 21.8. The maximum absolute atomic E-state index is 13.1. The molecular formula is C22H30N8O. The number of hydrogen-bond donors (Lipinski definition) is 3. The Hall–Kier alpha value is -3.20. The molecule has 4 rings (SSSR count). The van der Waals surface area contributed by atoms with Crippen LogP contribution in [0.2, 0.25) is 0 Å². The summed E-state index contributed by atoms with van der Waals surface area (Å²) in [5.74, 6) is 1.58. The number of hydrogen-bond acceptors (Lipinski definition) is 8. The van der Waals surface area contributed by atoms with Crippen molar-refractivity contribution in [1.82, 2.24) is 9.97 Å². The van der Waals surface area contributed by atoms with E-state index in [-0.39, 0.29) is 11.9 Å². The third kappa shape index (κ3) is 4.77. The maximum Gasteiger partial charge on any atom is 0.274 e. The van der Waals surface area contributed by atoms with Crippen molar-refractivity contribution in [3.63, 3.8) is 0 Å². The van der Waals surface area contributed by atoms with E-state index in [1.165, 1.54) is 6.42 Å². The summed E-state index contributed by atoms with van der Waals surface area (Å²) in [4.78, 5) is 30.6. The van der Waals surface area contributed by atoms with Crippen LogP contribution in [-0.4, -0.2) is 61.4 Å². The highest BCUT2D eigenvalue weighted by atomic mass is 16.1. The van der Waals surface area contributed by atoms with Crippen LogP contribution >= 0.6 is 0 Å². The number of nitrogen functional groups attached to an aromatic ring is 1. The molecule has 1 unspecified atom stereocenters. The normalized spacial score (nSPS) is 19.2. The largest absolute Gasteiger partial charge is 0.383 e. The predicted octanol–water partition coefficient (Wildman–Crippen LogP) is 1.89. The van der Waals surface area contributed by atoms with Crippen LogP contribution in [0.4, 0.5) is 23.1 Å². The van der Waals surface area contributed by atoms with Crippen molar-refractivity contribution in [2.75, 3.05) is 54.1 Å². The van der Waals surface area contributed by atoms with Gasteiger partial charge in [-0.25, -0.2) is 9.97 Å². The first-order valence-electron chi connectivity index (χ1n) is 10.8. The Morgan fingerprint density at radius 3 is 2.71 bits per heavy atom. The zero-order valence-electron chi connectivity index (χ0n) is 17.9. The number of aromatic nitrogens is 2. The quantitative estimate of drug-likeness (QED) is 0.628. The number of rotatable bonds is 5. The fourth-order valence-corrected chi connectivity index (χ4v) is 4.12. The second-order valence-corrected chi connectivity index (χ2v) is 8.10. The molecule has 2 aromatic rings. The van der Waals surface area contributed by atoms with E-state index < -0.39 is 0 Å². The fourth-order valence-electron chi connectivity index (χ4n) is 4.12. The molecule has 0 radical (unpaired) electrons. The minimum atomic E-state index is -0.283. The van der Waals surface area contributed by atoms with Crippen LogP contribution in [0.3, 0.4) is 0 Å². The lowest BCUT2D eigenvalue weighted by Gasteiger charge is -2.30. The first kappa shape index (κ1) is 21.0. The number of piperidine rings is 1. The Kier molecular flexibility index (Phi) is 6.31. The van der Waals surface area contributed by atoms with E-state index in [1.54, 1.807) is 19.3 Å². The van der Waals surface area contributed by atoms with Gasteiger partial charge in [-0.1, -0.05) is 6.07 Å². The highest BCUT2D eigenvalue weighted by molar-refractivity contribution is 6.05. The molecule has 9 heteroatoms. The molecule has 2 fully saturated rings. The van der Waals surface area contributed by atoms with E-state index in [9.17, 15) is 4.79 Å². The van der Waals surface area contributed by atoms with Crippen LogP contribution in [0.25, 0.3) is 0 Å². The van der Waals surface area contributed by atoms with Crippen LogP contribution in [0.5, 0.6) is 0 Å². The summed E-state index contributed by atoms with van der Waals surface area (Å²) in [6, 6.07) is 7.46. The molecule has 9 nitrogen and oxygen atoms in total. The summed E-state index contributed by atoms with van der Waals surface area (Å²) in [5, 5.41) is 3.01. The molecule has 164 valence electrons. The molecule has 2 aliphatic rings. The summed E-state index contributed by atoms with van der Waals surface area (Å²) in [7, 11) is 1.68. The number of nitrogens with one attached hydrogen (secondary N) is 1. The van der Waals surface area contributed by atoms with Gasteiger partial charge in [0.2, 0.25) is 0 Å². The molecule has 0 aliphatic carbocycles. The summed E-state index contributed by atoms with van der Waals surface area (Å²) >= 11 is 0. The Labute approximate surface area is 182 Å². The Morgan fingerprint density at radius 1 is 1.19 bits per heavy atom. The Morgan fingerprint density at radius 2 is 2.00 bits per heavy atom. The van der Waals surface area contributed by atoms with Gasteiger partial charge in [0.1, 0.15) is 17.3 Å². The minimum absolute atomic E-state index is 0.144. The van der Waals surface area contributed by atoms with Gasteiger partial charge in [0, 0.05) is 51.0 Å². The van der Waals surface area contributed by atoms with Crippen molar-refractivity contribution in [3.05, 3.63) is 35.5 Å². The standard InChI is InChI=1S/C22H30N8O/c1-25-13-15-12-18(21(28-20(15)24)29-9-3-2-4-10-29)27-22(31)17-6-5-7-19(26-17)30-11-8-16(23)14-30/h5-7,12-13,16H,2-4,8-11,14,23H2,1H3,(H2,24,28)(H,27,31). The van der Waals surface area contributed by atoms with Gasteiger partial charge in [0.25, 0.3) is 5.91 Å². The molecule has 0 bridgehead atoms. The lowest BCUT2D eigenvalue weighted by Crippen LogP contribution is -2.32. The molecule has 1 amide bonds. The number of amides is 1. The van der Waals surface area contributed by atoms with Gasteiger partial charge in [-0.05, 0) is 43.9 Å². The van der Waals surface area contributed by atoms with Crippen molar-refractivity contribution in [1.29, 1.82) is 0 Å². The third-order valence-electron chi connectivity index (χ3n) is 5.75. The maximum atomic E-state index is 13.1. The first-order valence-corrected chi connectivity index (χ1v) is 10.8. The first-order chi connectivity index (χ1) is 15.0. The van der Waals surface area contributed by atoms with E-state index in [1.807, 2.05) is 18.2 Å². The van der Waals surface area contributed by atoms with Crippen LogP contribution in [0, 0.1) is 0 Å². The second-order valence-electron chi connectivity index (χ2n) is 8.10. The van der Waals surface area contributed by atoms with Crippen LogP contribution < -0.4 is 26.6 Å². The zero-order valence-corrected chi connectivity index (χ0v) is 17.9. The Bertz CT molecular complexity index is 970. The molecule has 0 aromatic carbocycles. The van der Waals surface area contributed by atoms with Gasteiger partial charge in [-0.2, -0.15) is 0 Å². The number of nitrogens with zero attached hydrogens (tertiary/aromatic N) is 5. The van der Waals surface area contributed by atoms with Crippen molar-refractivity contribution in [2.45, 2.75) is 31.7 Å². The van der Waals surface area contributed by atoms with Crippen molar-refractivity contribution in [3.8, 4) is 0 Å². The number of nitrogens with two attached hydrogens (primary N) is 2. The highest BCUT2D eigenvalue weighted by Gasteiger charge is 2.23. The molecule has 1 atom stereocenters. The van der Waals surface area contributed by atoms with Gasteiger partial charge in [-0.3, -0.25) is 9.79 Å². The van der Waals surface area contributed by atoms with Crippen LogP contribution in [-0.2, 0) is 0 Å². The number of aliphatic imine (C=N–C) groups is 1. The van der Waals surface area contributed by atoms with E-state index in [4.69, 9.17) is 11.5 Å². The third-order valence-corrected chi connectivity index (χ3v) is 5.75. The smallest absolute Gasteiger partial charge is 0.274 e. The molecule has 2 saturated heterocycles. The molecule has 2 aliphatic heterocycles. The van der Waals surface area contributed by atoms with E-state index in [0.717, 1.165) is 51.3 Å². The molecule has 4 heterocycles. The summed E-state index contributed by atoms with van der Waals surface area (Å²) < 4.78 is 0. The van der Waals surface area contributed by atoms with Gasteiger partial charge >= 0.3 is 0 Å². The van der Waals surface area contributed by atoms with E-state index in [2.05, 4.69) is 30.1 Å². The average molecular weight is 423 g/mol. The van der Waals surface area contributed by atoms with Crippen molar-refractivity contribution in [2.24, 2.45) is 10.7 Å². The molecule has 5 N–H and O–H groups in total. The number of anilines is 4. The lowest BCUT2D eigenvalue weighted by molar-refractivity contribution is 0.102. The summed E-state index contributed by atoms with van der Waals surface area (Å²) in [6.07, 6.45) is 5.96. The summed E-state index contributed by atoms with van der Waals surface area (Å²) in [6.45, 7) is 3.37. The van der Waals surface area contributed by atoms with E-state index in [0.29, 0.717) is 28.6 Å². The van der Waals surface area contributed by atoms with Gasteiger partial charge < -0.3 is 26.6 Å². The number of carbonyl (C=O) groups is 1. The fraction of sp³-hybridized carbons (Fsp3) is 0.455. The topological polar surface area (TPSA) is 126 Å². The Balaban J connectivity index is 1.61. The van der Waals surface area contributed by atoms with Crippen LogP contribution in [0.1, 0.15) is 41.7 Å². The SMILES string of the molecule is CN=Cc1cc(NC(=O)c2cccc(N3CCC(N)C3)n2)c(N2CCCCC2)nc1N.